The fourth-order valence-corrected chi connectivity index (χ4v) is 1.86. The van der Waals surface area contributed by atoms with Gasteiger partial charge in [-0.3, -0.25) is 0 Å². The molecule has 1 fully saturated rings. The third kappa shape index (κ3) is 1.85. The number of hydrogen-bond donors (Lipinski definition) is 2. The van der Waals surface area contributed by atoms with E-state index in [9.17, 15) is 4.39 Å². The summed E-state index contributed by atoms with van der Waals surface area (Å²) in [6.45, 7) is 2.03. The van der Waals surface area contributed by atoms with Crippen LogP contribution in [-0.2, 0) is 0 Å². The Morgan fingerprint density at radius 1 is 1.43 bits per heavy atom. The topological polar surface area (TPSA) is 50.9 Å². The van der Waals surface area contributed by atoms with Gasteiger partial charge in [-0.05, 0) is 43.5 Å². The van der Waals surface area contributed by atoms with E-state index in [1.807, 2.05) is 0 Å². The zero-order chi connectivity index (χ0) is 9.97. The zero-order valence-corrected chi connectivity index (χ0v) is 7.96. The summed E-state index contributed by atoms with van der Waals surface area (Å²) in [5.74, 6) is -0.0886. The predicted octanol–water partition coefficient (Wildman–Crippen LogP) is 1.27. The minimum atomic E-state index is -0.567. The third-order valence-electron chi connectivity index (χ3n) is 2.70. The number of rotatable bonds is 1. The van der Waals surface area contributed by atoms with E-state index in [0.717, 1.165) is 31.5 Å². The number of hydrogen-bond acceptors (Lipinski definition) is 3. The summed E-state index contributed by atoms with van der Waals surface area (Å²) in [4.78, 5) is 3.64. The van der Waals surface area contributed by atoms with E-state index < -0.39 is 5.95 Å². The number of halogens is 1. The first kappa shape index (κ1) is 9.40. The van der Waals surface area contributed by atoms with Crippen LogP contribution in [0.2, 0.25) is 0 Å². The van der Waals surface area contributed by atoms with Crippen LogP contribution < -0.4 is 11.1 Å². The average Bonchev–Trinajstić information content (AvgIpc) is 2.23. The van der Waals surface area contributed by atoms with E-state index in [1.165, 1.54) is 0 Å². The van der Waals surface area contributed by atoms with Crippen molar-refractivity contribution in [3.8, 4) is 0 Å². The highest BCUT2D eigenvalue weighted by Gasteiger charge is 2.16. The monoisotopic (exact) mass is 195 g/mol. The number of pyridine rings is 1. The number of nitrogen functional groups attached to an aromatic ring is 1. The molecule has 0 aliphatic carbocycles. The standard InChI is InChI=1S/C10H14FN3/c11-10-9(12)5-8(6-14-10)7-1-3-13-4-2-7/h5-7,13H,1-4,12H2. The van der Waals surface area contributed by atoms with Gasteiger partial charge in [-0.25, -0.2) is 4.98 Å². The molecular weight excluding hydrogens is 181 g/mol. The molecule has 14 heavy (non-hydrogen) atoms. The predicted molar refractivity (Wildman–Crippen MR) is 53.5 cm³/mol. The lowest BCUT2D eigenvalue weighted by Gasteiger charge is -2.22. The average molecular weight is 195 g/mol. The second-order valence-corrected chi connectivity index (χ2v) is 3.67. The van der Waals surface area contributed by atoms with Crippen molar-refractivity contribution in [2.24, 2.45) is 0 Å². The minimum Gasteiger partial charge on any atom is -0.395 e. The summed E-state index contributed by atoms with van der Waals surface area (Å²) in [6.07, 6.45) is 3.75. The van der Waals surface area contributed by atoms with Gasteiger partial charge in [0.15, 0.2) is 0 Å². The number of anilines is 1. The van der Waals surface area contributed by atoms with Gasteiger partial charge in [-0.1, -0.05) is 0 Å². The molecule has 1 aromatic heterocycles. The Hall–Kier alpha value is -1.16. The maximum absolute atomic E-state index is 12.8. The molecule has 0 spiro atoms. The van der Waals surface area contributed by atoms with Gasteiger partial charge < -0.3 is 11.1 Å². The molecule has 0 aromatic carbocycles. The SMILES string of the molecule is Nc1cc(C2CCNCC2)cnc1F. The summed E-state index contributed by atoms with van der Waals surface area (Å²) in [5, 5.41) is 3.28. The summed E-state index contributed by atoms with van der Waals surface area (Å²) in [5.41, 5.74) is 6.69. The fourth-order valence-electron chi connectivity index (χ4n) is 1.86. The van der Waals surface area contributed by atoms with E-state index in [0.29, 0.717) is 5.92 Å². The number of nitrogens with zero attached hydrogens (tertiary/aromatic N) is 1. The lowest BCUT2D eigenvalue weighted by molar-refractivity contribution is 0.458. The fraction of sp³-hybridized carbons (Fsp3) is 0.500. The molecule has 0 radical (unpaired) electrons. The van der Waals surface area contributed by atoms with Crippen molar-refractivity contribution < 1.29 is 4.39 Å². The third-order valence-corrected chi connectivity index (χ3v) is 2.70. The molecule has 1 aromatic rings. The van der Waals surface area contributed by atoms with Gasteiger partial charge in [0.25, 0.3) is 0 Å². The van der Waals surface area contributed by atoms with Crippen molar-refractivity contribution in [2.75, 3.05) is 18.8 Å². The maximum atomic E-state index is 12.8. The largest absolute Gasteiger partial charge is 0.395 e. The van der Waals surface area contributed by atoms with Crippen molar-refractivity contribution in [1.29, 1.82) is 0 Å². The van der Waals surface area contributed by atoms with Crippen LogP contribution in [0, 0.1) is 5.95 Å². The smallest absolute Gasteiger partial charge is 0.235 e. The molecular formula is C10H14FN3. The Morgan fingerprint density at radius 2 is 2.14 bits per heavy atom. The van der Waals surface area contributed by atoms with Gasteiger partial charge in [0.05, 0.1) is 5.69 Å². The number of piperidine rings is 1. The number of aromatic nitrogens is 1. The van der Waals surface area contributed by atoms with Crippen molar-refractivity contribution in [3.63, 3.8) is 0 Å². The van der Waals surface area contributed by atoms with Gasteiger partial charge in [0, 0.05) is 6.20 Å². The normalized spacial score (nSPS) is 18.4. The van der Waals surface area contributed by atoms with E-state index in [1.54, 1.807) is 12.3 Å². The molecule has 76 valence electrons. The zero-order valence-electron chi connectivity index (χ0n) is 7.96. The van der Waals surface area contributed by atoms with Crippen LogP contribution in [0.25, 0.3) is 0 Å². The lowest BCUT2D eigenvalue weighted by atomic mass is 9.91. The van der Waals surface area contributed by atoms with Gasteiger partial charge in [0.1, 0.15) is 0 Å². The summed E-state index contributed by atoms with van der Waals surface area (Å²) >= 11 is 0. The minimum absolute atomic E-state index is 0.154. The van der Waals surface area contributed by atoms with Crippen LogP contribution in [0.15, 0.2) is 12.3 Å². The number of nitrogens with two attached hydrogens (primary N) is 1. The molecule has 0 bridgehead atoms. The van der Waals surface area contributed by atoms with Crippen LogP contribution >= 0.6 is 0 Å². The van der Waals surface area contributed by atoms with Crippen LogP contribution in [0.4, 0.5) is 10.1 Å². The van der Waals surface area contributed by atoms with Crippen molar-refractivity contribution in [2.45, 2.75) is 18.8 Å². The first-order chi connectivity index (χ1) is 6.77. The molecule has 0 unspecified atom stereocenters. The molecule has 1 aliphatic rings. The Bertz CT molecular complexity index is 321. The van der Waals surface area contributed by atoms with Crippen LogP contribution in [0.1, 0.15) is 24.3 Å². The van der Waals surface area contributed by atoms with Gasteiger partial charge in [0.2, 0.25) is 5.95 Å². The molecule has 0 atom stereocenters. The van der Waals surface area contributed by atoms with Gasteiger partial charge in [-0.15, -0.1) is 0 Å². The highest BCUT2D eigenvalue weighted by molar-refractivity contribution is 5.39. The highest BCUT2D eigenvalue weighted by Crippen LogP contribution is 2.26. The summed E-state index contributed by atoms with van der Waals surface area (Å²) in [6, 6.07) is 1.71. The Balaban J connectivity index is 2.18. The summed E-state index contributed by atoms with van der Waals surface area (Å²) < 4.78 is 12.8. The lowest BCUT2D eigenvalue weighted by Crippen LogP contribution is -2.26. The van der Waals surface area contributed by atoms with E-state index in [4.69, 9.17) is 5.73 Å². The highest BCUT2D eigenvalue weighted by atomic mass is 19.1. The Kier molecular flexibility index (Phi) is 2.63. The van der Waals surface area contributed by atoms with Gasteiger partial charge in [-0.2, -0.15) is 4.39 Å². The Labute approximate surface area is 82.5 Å². The Morgan fingerprint density at radius 3 is 2.79 bits per heavy atom. The molecule has 3 N–H and O–H groups in total. The quantitative estimate of drug-likeness (QED) is 0.663. The maximum Gasteiger partial charge on any atom is 0.235 e. The molecule has 1 aliphatic heterocycles. The van der Waals surface area contributed by atoms with E-state index in [2.05, 4.69) is 10.3 Å². The van der Waals surface area contributed by atoms with Crippen molar-refractivity contribution in [1.82, 2.24) is 10.3 Å². The second kappa shape index (κ2) is 3.92. The second-order valence-electron chi connectivity index (χ2n) is 3.67. The molecule has 3 nitrogen and oxygen atoms in total. The van der Waals surface area contributed by atoms with Gasteiger partial charge >= 0.3 is 0 Å². The van der Waals surface area contributed by atoms with E-state index >= 15 is 0 Å². The summed E-state index contributed by atoms with van der Waals surface area (Å²) in [7, 11) is 0. The van der Waals surface area contributed by atoms with Crippen molar-refractivity contribution >= 4 is 5.69 Å². The van der Waals surface area contributed by atoms with Crippen LogP contribution in [0.3, 0.4) is 0 Å². The van der Waals surface area contributed by atoms with Crippen LogP contribution in [-0.4, -0.2) is 18.1 Å². The number of nitrogens with one attached hydrogen (secondary N) is 1. The molecule has 4 heteroatoms. The molecule has 0 saturated carbocycles. The van der Waals surface area contributed by atoms with Crippen molar-refractivity contribution in [3.05, 3.63) is 23.8 Å². The molecule has 2 heterocycles. The molecule has 1 saturated heterocycles. The first-order valence-corrected chi connectivity index (χ1v) is 4.89. The molecule has 2 rings (SSSR count). The first-order valence-electron chi connectivity index (χ1n) is 4.89. The van der Waals surface area contributed by atoms with Crippen LogP contribution in [0.5, 0.6) is 0 Å². The van der Waals surface area contributed by atoms with E-state index in [-0.39, 0.29) is 5.69 Å². The molecule has 0 amide bonds.